The molecule has 0 aliphatic rings. The molecule has 0 saturated carbocycles. The fourth-order valence-corrected chi connectivity index (χ4v) is 4.68. The van der Waals surface area contributed by atoms with Gasteiger partial charge >= 0.3 is 6.03 Å². The maximum absolute atomic E-state index is 13.9. The molecule has 1 heterocycles. The molecule has 3 aromatic carbocycles. The number of urea groups is 1. The van der Waals surface area contributed by atoms with Gasteiger partial charge in [0.05, 0.1) is 45.9 Å². The van der Waals surface area contributed by atoms with Crippen LogP contribution in [0.3, 0.4) is 0 Å². The molecule has 8 nitrogen and oxygen atoms in total. The molecule has 1 N–H and O–H groups in total. The van der Waals surface area contributed by atoms with Gasteiger partial charge in [0.2, 0.25) is 0 Å². The first-order valence-electron chi connectivity index (χ1n) is 12.6. The van der Waals surface area contributed by atoms with Gasteiger partial charge in [0.15, 0.2) is 0 Å². The Morgan fingerprint density at radius 1 is 1.05 bits per heavy atom. The summed E-state index contributed by atoms with van der Waals surface area (Å²) in [6.07, 6.45) is 0.486. The first-order chi connectivity index (χ1) is 18.9. The molecule has 0 aliphatic carbocycles. The standard InChI is InChI=1S/C29H30Cl2N4O4/c1-4-26(34(16-17-38-3)29(37)32-19-10-15-23(30)24(31)18-19)27-33-25-9-7-6-8-22(25)28(36)35(27)20-11-13-21(14-12-20)39-5-2/h6-15,18,26H,4-5,16-17H2,1-3H3,(H,32,37). The number of nitrogens with one attached hydrogen (secondary N) is 1. The molecule has 2 amide bonds. The van der Waals surface area contributed by atoms with Crippen molar-refractivity contribution in [2.45, 2.75) is 26.3 Å². The van der Waals surface area contributed by atoms with Crippen LogP contribution in [-0.2, 0) is 4.74 Å². The highest BCUT2D eigenvalue weighted by Gasteiger charge is 2.29. The summed E-state index contributed by atoms with van der Waals surface area (Å²) in [6, 6.07) is 18.4. The van der Waals surface area contributed by atoms with Crippen molar-refractivity contribution in [1.82, 2.24) is 14.5 Å². The van der Waals surface area contributed by atoms with Crippen molar-refractivity contribution in [3.05, 3.63) is 93.0 Å². The summed E-state index contributed by atoms with van der Waals surface area (Å²) < 4.78 is 12.5. The van der Waals surface area contributed by atoms with Crippen LogP contribution in [0.25, 0.3) is 16.6 Å². The number of hydrogen-bond donors (Lipinski definition) is 1. The number of aromatic nitrogens is 2. The van der Waals surface area contributed by atoms with Crippen molar-refractivity contribution >= 4 is 45.8 Å². The summed E-state index contributed by atoms with van der Waals surface area (Å²) in [4.78, 5) is 34.1. The molecule has 0 radical (unpaired) electrons. The van der Waals surface area contributed by atoms with Gasteiger partial charge < -0.3 is 19.7 Å². The van der Waals surface area contributed by atoms with Gasteiger partial charge in [-0.15, -0.1) is 0 Å². The molecule has 10 heteroatoms. The number of nitrogens with zero attached hydrogens (tertiary/aromatic N) is 3. The molecule has 1 aromatic heterocycles. The van der Waals surface area contributed by atoms with E-state index in [4.69, 9.17) is 37.7 Å². The maximum Gasteiger partial charge on any atom is 0.322 e. The predicted molar refractivity (Wildman–Crippen MR) is 156 cm³/mol. The van der Waals surface area contributed by atoms with Crippen molar-refractivity contribution in [1.29, 1.82) is 0 Å². The van der Waals surface area contributed by atoms with E-state index in [1.807, 2.05) is 44.2 Å². The van der Waals surface area contributed by atoms with Crippen LogP contribution < -0.4 is 15.6 Å². The van der Waals surface area contributed by atoms with E-state index in [1.54, 1.807) is 53.0 Å². The van der Waals surface area contributed by atoms with Crippen LogP contribution in [0.15, 0.2) is 71.5 Å². The Kier molecular flexibility index (Phi) is 9.45. The van der Waals surface area contributed by atoms with Crippen LogP contribution in [0.4, 0.5) is 10.5 Å². The highest BCUT2D eigenvalue weighted by molar-refractivity contribution is 6.42. The van der Waals surface area contributed by atoms with Crippen molar-refractivity contribution in [2.75, 3.05) is 32.2 Å². The molecule has 0 spiro atoms. The van der Waals surface area contributed by atoms with Gasteiger partial charge in [-0.05, 0) is 67.9 Å². The third kappa shape index (κ3) is 6.36. The Morgan fingerprint density at radius 2 is 1.79 bits per heavy atom. The van der Waals surface area contributed by atoms with Crippen LogP contribution in [0.5, 0.6) is 5.75 Å². The van der Waals surface area contributed by atoms with Crippen LogP contribution in [0.1, 0.15) is 32.1 Å². The monoisotopic (exact) mass is 568 g/mol. The third-order valence-corrected chi connectivity index (χ3v) is 6.98. The molecule has 4 aromatic rings. The second-order valence-electron chi connectivity index (χ2n) is 8.72. The predicted octanol–water partition coefficient (Wildman–Crippen LogP) is 6.72. The largest absolute Gasteiger partial charge is 0.494 e. The molecule has 1 atom stereocenters. The first kappa shape index (κ1) is 28.4. The van der Waals surface area contributed by atoms with Gasteiger partial charge in [0, 0.05) is 19.3 Å². The highest BCUT2D eigenvalue weighted by atomic mass is 35.5. The normalized spacial score (nSPS) is 11.8. The Labute approximate surface area is 237 Å². The number of anilines is 1. The summed E-state index contributed by atoms with van der Waals surface area (Å²) in [7, 11) is 1.57. The minimum Gasteiger partial charge on any atom is -0.494 e. The van der Waals surface area contributed by atoms with Crippen LogP contribution >= 0.6 is 23.2 Å². The number of benzene rings is 3. The second-order valence-corrected chi connectivity index (χ2v) is 9.54. The van der Waals surface area contributed by atoms with Gasteiger partial charge in [-0.3, -0.25) is 9.36 Å². The van der Waals surface area contributed by atoms with Gasteiger partial charge in [0.1, 0.15) is 11.6 Å². The maximum atomic E-state index is 13.9. The Hall–Kier alpha value is -3.59. The molecule has 0 aliphatic heterocycles. The van der Waals surface area contributed by atoms with Gasteiger partial charge in [0.25, 0.3) is 5.56 Å². The lowest BCUT2D eigenvalue weighted by molar-refractivity contribution is 0.131. The van der Waals surface area contributed by atoms with E-state index in [0.717, 1.165) is 0 Å². The molecule has 0 saturated heterocycles. The lowest BCUT2D eigenvalue weighted by Gasteiger charge is -2.32. The Morgan fingerprint density at radius 3 is 2.46 bits per heavy atom. The topological polar surface area (TPSA) is 85.7 Å². The van der Waals surface area contributed by atoms with Gasteiger partial charge in [-0.2, -0.15) is 0 Å². The molecule has 204 valence electrons. The van der Waals surface area contributed by atoms with Crippen LogP contribution in [0.2, 0.25) is 10.0 Å². The molecule has 0 fully saturated rings. The van der Waals surface area contributed by atoms with E-state index in [9.17, 15) is 9.59 Å². The number of carbonyl (C=O) groups is 1. The van der Waals surface area contributed by atoms with Gasteiger partial charge in [-0.25, -0.2) is 9.78 Å². The minimum atomic E-state index is -0.563. The van der Waals surface area contributed by atoms with E-state index >= 15 is 0 Å². The molecule has 1 unspecified atom stereocenters. The number of hydrogen-bond acceptors (Lipinski definition) is 5. The van der Waals surface area contributed by atoms with Crippen LogP contribution in [0, 0.1) is 0 Å². The van der Waals surface area contributed by atoms with Crippen molar-refractivity contribution < 1.29 is 14.3 Å². The SMILES string of the molecule is CCOc1ccc(-n2c(C(CC)N(CCOC)C(=O)Nc3ccc(Cl)c(Cl)c3)nc3ccccc3c2=O)cc1. The lowest BCUT2D eigenvalue weighted by Crippen LogP contribution is -2.42. The Bertz CT molecular complexity index is 1510. The zero-order chi connectivity index (χ0) is 27.9. The quantitative estimate of drug-likeness (QED) is 0.229. The third-order valence-electron chi connectivity index (χ3n) is 6.24. The summed E-state index contributed by atoms with van der Waals surface area (Å²) in [5, 5.41) is 4.08. The fourth-order valence-electron chi connectivity index (χ4n) is 4.38. The number of amides is 2. The molecule has 4 rings (SSSR count). The minimum absolute atomic E-state index is 0.227. The molecule has 0 bridgehead atoms. The molecular weight excluding hydrogens is 539 g/mol. The molecule has 39 heavy (non-hydrogen) atoms. The molecular formula is C29H30Cl2N4O4. The number of fused-ring (bicyclic) bond motifs is 1. The number of halogens is 2. The van der Waals surface area contributed by atoms with E-state index in [0.29, 0.717) is 56.9 Å². The zero-order valence-electron chi connectivity index (χ0n) is 22.0. The Balaban J connectivity index is 1.84. The lowest BCUT2D eigenvalue weighted by atomic mass is 10.1. The van der Waals surface area contributed by atoms with E-state index in [1.165, 1.54) is 0 Å². The van der Waals surface area contributed by atoms with E-state index < -0.39 is 12.1 Å². The summed E-state index contributed by atoms with van der Waals surface area (Å²) in [5.41, 5.74) is 1.43. The average Bonchev–Trinajstić information content (AvgIpc) is 2.94. The summed E-state index contributed by atoms with van der Waals surface area (Å²) in [5.74, 6) is 1.13. The summed E-state index contributed by atoms with van der Waals surface area (Å²) >= 11 is 12.2. The fraction of sp³-hybridized carbons (Fsp3) is 0.276. The number of ether oxygens (including phenoxy) is 2. The van der Waals surface area contributed by atoms with Crippen LogP contribution in [-0.4, -0.2) is 47.4 Å². The second kappa shape index (κ2) is 13.0. The number of carbonyl (C=O) groups excluding carboxylic acids is 1. The smallest absolute Gasteiger partial charge is 0.322 e. The van der Waals surface area contributed by atoms with E-state index in [-0.39, 0.29) is 18.7 Å². The van der Waals surface area contributed by atoms with Crippen molar-refractivity contribution in [3.63, 3.8) is 0 Å². The number of para-hydroxylation sites is 1. The van der Waals surface area contributed by atoms with Crippen molar-refractivity contribution in [3.8, 4) is 11.4 Å². The zero-order valence-corrected chi connectivity index (χ0v) is 23.5. The summed E-state index contributed by atoms with van der Waals surface area (Å²) in [6.45, 7) is 4.93. The van der Waals surface area contributed by atoms with Gasteiger partial charge in [-0.1, -0.05) is 42.3 Å². The van der Waals surface area contributed by atoms with Crippen molar-refractivity contribution in [2.24, 2.45) is 0 Å². The number of rotatable bonds is 10. The number of methoxy groups -OCH3 is 1. The highest BCUT2D eigenvalue weighted by Crippen LogP contribution is 2.29. The first-order valence-corrected chi connectivity index (χ1v) is 13.4. The van der Waals surface area contributed by atoms with E-state index in [2.05, 4.69) is 5.32 Å². The average molecular weight is 569 g/mol.